The van der Waals surface area contributed by atoms with Crippen molar-refractivity contribution in [2.45, 2.75) is 31.7 Å². The number of ether oxygens (including phenoxy) is 1. The Morgan fingerprint density at radius 2 is 2.00 bits per heavy atom. The number of nitrogens with zero attached hydrogens (tertiary/aromatic N) is 1. The summed E-state index contributed by atoms with van der Waals surface area (Å²) in [5.74, 6) is 0.149. The quantitative estimate of drug-likeness (QED) is 0.612. The van der Waals surface area contributed by atoms with E-state index in [9.17, 15) is 13.2 Å². The van der Waals surface area contributed by atoms with Crippen molar-refractivity contribution in [3.05, 3.63) is 48.2 Å². The van der Waals surface area contributed by atoms with Gasteiger partial charge in [-0.15, -0.1) is 0 Å². The van der Waals surface area contributed by atoms with Crippen LogP contribution in [0.1, 0.15) is 19.4 Å². The molecule has 0 saturated heterocycles. The lowest BCUT2D eigenvalue weighted by molar-refractivity contribution is -0.118. The number of rotatable bonds is 7. The molecule has 0 aliphatic carbocycles. The van der Waals surface area contributed by atoms with E-state index in [1.807, 2.05) is 18.2 Å². The molecule has 0 saturated carbocycles. The van der Waals surface area contributed by atoms with Crippen LogP contribution in [0.15, 0.2) is 47.5 Å². The molecule has 3 aromatic rings. The number of aromatic nitrogens is 1. The highest BCUT2D eigenvalue weighted by Crippen LogP contribution is 2.23. The van der Waals surface area contributed by atoms with Crippen molar-refractivity contribution in [2.75, 3.05) is 11.9 Å². The zero-order valence-electron chi connectivity index (χ0n) is 15.7. The molecular formula is C19H21N3O4S2. The number of anilines is 1. The lowest BCUT2D eigenvalue weighted by atomic mass is 10.2. The fourth-order valence-corrected chi connectivity index (χ4v) is 4.58. The molecule has 0 aliphatic heterocycles. The second-order valence-corrected chi connectivity index (χ2v) is 9.17. The molecule has 0 fully saturated rings. The van der Waals surface area contributed by atoms with Gasteiger partial charge in [0.2, 0.25) is 10.0 Å². The topological polar surface area (TPSA) is 97.4 Å². The zero-order chi connectivity index (χ0) is 20.3. The van der Waals surface area contributed by atoms with E-state index in [2.05, 4.69) is 14.4 Å². The Labute approximate surface area is 167 Å². The smallest absolute Gasteiger partial charge is 0.262 e. The van der Waals surface area contributed by atoms with Crippen LogP contribution in [-0.4, -0.2) is 31.3 Å². The van der Waals surface area contributed by atoms with E-state index < -0.39 is 10.0 Å². The molecule has 3 rings (SSSR count). The van der Waals surface area contributed by atoms with Crippen molar-refractivity contribution in [1.29, 1.82) is 0 Å². The second kappa shape index (κ2) is 8.26. The molecule has 2 aromatic carbocycles. The summed E-state index contributed by atoms with van der Waals surface area (Å²) in [5, 5.41) is 3.74. The van der Waals surface area contributed by atoms with Gasteiger partial charge in [-0.05, 0) is 74.3 Å². The van der Waals surface area contributed by atoms with Gasteiger partial charge in [-0.3, -0.25) is 4.79 Å². The number of amides is 1. The number of nitrogens with one attached hydrogen (secondary N) is 2. The minimum Gasteiger partial charge on any atom is -0.483 e. The standard InChI is InChI=1S/C19H21N3O4S2/c1-12(2)22-28(24,25)16-5-6-17(13(3)8-16)26-11-19(23)21-15-4-7-18-14(9-15)10-20-27-18/h4-10,12,22H,11H2,1-3H3,(H,21,23). The molecule has 0 spiro atoms. The molecule has 1 aromatic heterocycles. The summed E-state index contributed by atoms with van der Waals surface area (Å²) in [7, 11) is -3.57. The maximum atomic E-state index is 12.2. The number of fused-ring (bicyclic) bond motifs is 1. The van der Waals surface area contributed by atoms with Crippen LogP contribution in [0.5, 0.6) is 5.75 Å². The van der Waals surface area contributed by atoms with E-state index in [4.69, 9.17) is 4.74 Å². The molecule has 0 bridgehead atoms. The van der Waals surface area contributed by atoms with E-state index in [0.29, 0.717) is 17.0 Å². The highest BCUT2D eigenvalue weighted by molar-refractivity contribution is 7.89. The van der Waals surface area contributed by atoms with E-state index in [1.54, 1.807) is 33.0 Å². The van der Waals surface area contributed by atoms with Gasteiger partial charge in [0, 0.05) is 23.3 Å². The van der Waals surface area contributed by atoms with Crippen molar-refractivity contribution in [3.63, 3.8) is 0 Å². The molecule has 2 N–H and O–H groups in total. The average Bonchev–Trinajstić information content (AvgIpc) is 3.07. The van der Waals surface area contributed by atoms with Crippen molar-refractivity contribution in [3.8, 4) is 5.75 Å². The first-order chi connectivity index (χ1) is 13.2. The zero-order valence-corrected chi connectivity index (χ0v) is 17.4. The van der Waals surface area contributed by atoms with Crippen molar-refractivity contribution in [1.82, 2.24) is 9.10 Å². The third-order valence-corrected chi connectivity index (χ3v) is 6.28. The first-order valence-electron chi connectivity index (χ1n) is 8.65. The summed E-state index contributed by atoms with van der Waals surface area (Å²) in [4.78, 5) is 12.3. The maximum absolute atomic E-state index is 12.2. The summed E-state index contributed by atoms with van der Waals surface area (Å²) in [6.45, 7) is 5.07. The minimum absolute atomic E-state index is 0.160. The number of hydrogen-bond acceptors (Lipinski definition) is 6. The van der Waals surface area contributed by atoms with Crippen molar-refractivity contribution < 1.29 is 17.9 Å². The SMILES string of the molecule is Cc1cc(S(=O)(=O)NC(C)C)ccc1OCC(=O)Nc1ccc2sncc2c1. The van der Waals surface area contributed by atoms with E-state index in [1.165, 1.54) is 23.7 Å². The lowest BCUT2D eigenvalue weighted by Gasteiger charge is -2.13. The molecule has 0 radical (unpaired) electrons. The number of sulfonamides is 1. The molecule has 1 heterocycles. The average molecular weight is 420 g/mol. The predicted octanol–water partition coefficient (Wildman–Crippen LogP) is 3.31. The number of benzene rings is 2. The van der Waals surface area contributed by atoms with Crippen LogP contribution in [-0.2, 0) is 14.8 Å². The molecule has 1 amide bonds. The predicted molar refractivity (Wildman–Crippen MR) is 110 cm³/mol. The summed E-state index contributed by atoms with van der Waals surface area (Å²) >= 11 is 1.40. The molecule has 0 aliphatic rings. The van der Waals surface area contributed by atoms with Gasteiger partial charge in [-0.25, -0.2) is 13.1 Å². The number of carbonyl (C=O) groups is 1. The lowest BCUT2D eigenvalue weighted by Crippen LogP contribution is -2.30. The van der Waals surface area contributed by atoms with Gasteiger partial charge in [0.1, 0.15) is 5.75 Å². The Morgan fingerprint density at radius 1 is 1.21 bits per heavy atom. The van der Waals surface area contributed by atoms with E-state index >= 15 is 0 Å². The van der Waals surface area contributed by atoms with Gasteiger partial charge < -0.3 is 10.1 Å². The fraction of sp³-hybridized carbons (Fsp3) is 0.263. The Morgan fingerprint density at radius 3 is 2.71 bits per heavy atom. The first kappa shape index (κ1) is 20.2. The fourth-order valence-electron chi connectivity index (χ4n) is 2.62. The summed E-state index contributed by atoms with van der Waals surface area (Å²) in [6, 6.07) is 9.90. The first-order valence-corrected chi connectivity index (χ1v) is 10.9. The number of aryl methyl sites for hydroxylation is 1. The molecule has 0 atom stereocenters. The summed E-state index contributed by atoms with van der Waals surface area (Å²) in [6.07, 6.45) is 1.75. The van der Waals surface area contributed by atoms with Gasteiger partial charge in [0.05, 0.1) is 9.60 Å². The maximum Gasteiger partial charge on any atom is 0.262 e. The van der Waals surface area contributed by atoms with Gasteiger partial charge in [-0.1, -0.05) is 0 Å². The van der Waals surface area contributed by atoms with Gasteiger partial charge in [-0.2, -0.15) is 4.37 Å². The van der Waals surface area contributed by atoms with Gasteiger partial charge in [0.25, 0.3) is 5.91 Å². The van der Waals surface area contributed by atoms with E-state index in [-0.39, 0.29) is 23.5 Å². The third-order valence-electron chi connectivity index (χ3n) is 3.84. The highest BCUT2D eigenvalue weighted by Gasteiger charge is 2.17. The summed E-state index contributed by atoms with van der Waals surface area (Å²) < 4.78 is 37.7. The molecule has 28 heavy (non-hydrogen) atoms. The monoisotopic (exact) mass is 419 g/mol. The van der Waals surface area contributed by atoms with Gasteiger partial charge >= 0.3 is 0 Å². The van der Waals surface area contributed by atoms with Crippen LogP contribution in [0.2, 0.25) is 0 Å². The van der Waals surface area contributed by atoms with Gasteiger partial charge in [0.15, 0.2) is 6.61 Å². The molecule has 0 unspecified atom stereocenters. The largest absolute Gasteiger partial charge is 0.483 e. The van der Waals surface area contributed by atoms with Crippen LogP contribution in [0.3, 0.4) is 0 Å². The van der Waals surface area contributed by atoms with Crippen LogP contribution >= 0.6 is 11.5 Å². The Balaban J connectivity index is 1.63. The Bertz CT molecular complexity index is 1110. The van der Waals surface area contributed by atoms with Crippen LogP contribution in [0.25, 0.3) is 10.1 Å². The molecule has 7 nitrogen and oxygen atoms in total. The highest BCUT2D eigenvalue weighted by atomic mass is 32.2. The number of hydrogen-bond donors (Lipinski definition) is 2. The molecule has 148 valence electrons. The Kier molecular flexibility index (Phi) is 5.97. The second-order valence-electron chi connectivity index (χ2n) is 6.62. The van der Waals surface area contributed by atoms with E-state index in [0.717, 1.165) is 10.1 Å². The van der Waals surface area contributed by atoms with Crippen LogP contribution in [0, 0.1) is 6.92 Å². The minimum atomic E-state index is -3.57. The van der Waals surface area contributed by atoms with Crippen molar-refractivity contribution in [2.24, 2.45) is 0 Å². The Hall–Kier alpha value is -2.49. The summed E-state index contributed by atoms with van der Waals surface area (Å²) in [5.41, 5.74) is 1.30. The van der Waals surface area contributed by atoms with Crippen molar-refractivity contribution >= 4 is 43.2 Å². The normalized spacial score (nSPS) is 11.7. The van der Waals surface area contributed by atoms with Crippen LogP contribution in [0.4, 0.5) is 5.69 Å². The number of carbonyl (C=O) groups excluding carboxylic acids is 1. The molecule has 9 heteroatoms. The third kappa shape index (κ3) is 4.86. The molecular weight excluding hydrogens is 398 g/mol. The van der Waals surface area contributed by atoms with Crippen LogP contribution < -0.4 is 14.8 Å².